The lowest BCUT2D eigenvalue weighted by molar-refractivity contribution is -0.122. The standard InChI is InChI=1S/C21H21NO5S2/c1-25-15-6-4-13(5-7-15)8-9-22-20(24)18(29-21(22)28)12-14-10-16(26-2)19(23)17(11-14)27-3/h4-7,10-12,23H,8-9H2,1-3H3. The fraction of sp³-hybridized carbons (Fsp3) is 0.238. The van der Waals surface area contributed by atoms with Gasteiger partial charge in [-0.3, -0.25) is 9.69 Å². The van der Waals surface area contributed by atoms with Crippen molar-refractivity contribution in [2.24, 2.45) is 0 Å². The summed E-state index contributed by atoms with van der Waals surface area (Å²) in [4.78, 5) is 15.0. The minimum Gasteiger partial charge on any atom is -0.502 e. The van der Waals surface area contributed by atoms with Crippen molar-refractivity contribution in [1.82, 2.24) is 4.90 Å². The van der Waals surface area contributed by atoms with E-state index in [9.17, 15) is 9.90 Å². The first kappa shape index (κ1) is 21.0. The van der Waals surface area contributed by atoms with Crippen LogP contribution in [0.4, 0.5) is 0 Å². The molecule has 1 N–H and O–H groups in total. The lowest BCUT2D eigenvalue weighted by Gasteiger charge is -2.14. The predicted octanol–water partition coefficient (Wildman–Crippen LogP) is 3.86. The topological polar surface area (TPSA) is 68.2 Å². The summed E-state index contributed by atoms with van der Waals surface area (Å²) in [6.45, 7) is 0.497. The number of hydrogen-bond donors (Lipinski definition) is 1. The number of ether oxygens (including phenoxy) is 3. The Morgan fingerprint density at radius 1 is 1.07 bits per heavy atom. The zero-order chi connectivity index (χ0) is 21.0. The molecular formula is C21H21NO5S2. The quantitative estimate of drug-likeness (QED) is 0.527. The van der Waals surface area contributed by atoms with Crippen LogP contribution in [0.2, 0.25) is 0 Å². The summed E-state index contributed by atoms with van der Waals surface area (Å²) < 4.78 is 16.0. The number of hydrogen-bond acceptors (Lipinski definition) is 7. The van der Waals surface area contributed by atoms with Gasteiger partial charge in [-0.1, -0.05) is 36.1 Å². The predicted molar refractivity (Wildman–Crippen MR) is 118 cm³/mol. The number of rotatable bonds is 7. The van der Waals surface area contributed by atoms with Crippen LogP contribution in [-0.4, -0.2) is 48.1 Å². The molecule has 1 aliphatic heterocycles. The Morgan fingerprint density at radius 2 is 1.69 bits per heavy atom. The molecule has 1 amide bonds. The Kier molecular flexibility index (Phi) is 6.66. The number of nitrogens with zero attached hydrogens (tertiary/aromatic N) is 1. The van der Waals surface area contributed by atoms with Gasteiger partial charge in [0.1, 0.15) is 10.1 Å². The van der Waals surface area contributed by atoms with E-state index in [1.54, 1.807) is 30.2 Å². The second-order valence-electron chi connectivity index (χ2n) is 6.21. The van der Waals surface area contributed by atoms with Gasteiger partial charge in [0, 0.05) is 6.54 Å². The van der Waals surface area contributed by atoms with Crippen molar-refractivity contribution >= 4 is 40.3 Å². The zero-order valence-corrected chi connectivity index (χ0v) is 17.9. The van der Waals surface area contributed by atoms with E-state index in [1.165, 1.54) is 26.0 Å². The number of amides is 1. The third-order valence-corrected chi connectivity index (χ3v) is 5.83. The van der Waals surface area contributed by atoms with Gasteiger partial charge < -0.3 is 19.3 Å². The van der Waals surface area contributed by atoms with Crippen LogP contribution in [-0.2, 0) is 11.2 Å². The maximum Gasteiger partial charge on any atom is 0.266 e. The molecule has 1 fully saturated rings. The Labute approximate surface area is 179 Å². The fourth-order valence-corrected chi connectivity index (χ4v) is 4.18. The van der Waals surface area contributed by atoms with E-state index in [-0.39, 0.29) is 23.2 Å². The number of benzene rings is 2. The first-order valence-corrected chi connectivity index (χ1v) is 10.0. The molecule has 2 aromatic rings. The van der Waals surface area contributed by atoms with Crippen molar-refractivity contribution in [2.75, 3.05) is 27.9 Å². The highest BCUT2D eigenvalue weighted by molar-refractivity contribution is 8.26. The lowest BCUT2D eigenvalue weighted by Crippen LogP contribution is -2.30. The van der Waals surface area contributed by atoms with E-state index < -0.39 is 0 Å². The molecule has 0 bridgehead atoms. The Bertz CT molecular complexity index is 931. The van der Waals surface area contributed by atoms with E-state index in [4.69, 9.17) is 26.4 Å². The maximum absolute atomic E-state index is 12.8. The minimum atomic E-state index is -0.139. The normalized spacial score (nSPS) is 15.1. The first-order valence-electron chi connectivity index (χ1n) is 8.80. The average molecular weight is 432 g/mol. The largest absolute Gasteiger partial charge is 0.502 e. The van der Waals surface area contributed by atoms with Gasteiger partial charge in [-0.05, 0) is 47.9 Å². The van der Waals surface area contributed by atoms with Gasteiger partial charge in [-0.15, -0.1) is 0 Å². The molecule has 0 spiro atoms. The number of phenols is 1. The van der Waals surface area contributed by atoms with Gasteiger partial charge in [-0.2, -0.15) is 0 Å². The molecule has 0 aliphatic carbocycles. The van der Waals surface area contributed by atoms with Gasteiger partial charge in [0.2, 0.25) is 5.75 Å². The maximum atomic E-state index is 12.8. The smallest absolute Gasteiger partial charge is 0.266 e. The summed E-state index contributed by atoms with van der Waals surface area (Å²) in [5.41, 5.74) is 1.77. The fourth-order valence-electron chi connectivity index (χ4n) is 2.87. The summed E-state index contributed by atoms with van der Waals surface area (Å²) in [7, 11) is 4.54. The molecule has 1 aliphatic rings. The highest BCUT2D eigenvalue weighted by Crippen LogP contribution is 2.39. The molecule has 0 aromatic heterocycles. The van der Waals surface area contributed by atoms with Gasteiger partial charge in [-0.25, -0.2) is 0 Å². The number of carbonyl (C=O) groups is 1. The molecule has 8 heteroatoms. The third-order valence-electron chi connectivity index (χ3n) is 4.46. The summed E-state index contributed by atoms with van der Waals surface area (Å²) in [5.74, 6) is 1.11. The Hall–Kier alpha value is -2.71. The number of thioether (sulfide) groups is 1. The van der Waals surface area contributed by atoms with Gasteiger partial charge in [0.15, 0.2) is 11.5 Å². The molecule has 0 unspecified atom stereocenters. The van der Waals surface area contributed by atoms with Gasteiger partial charge in [0.25, 0.3) is 5.91 Å². The molecular weight excluding hydrogens is 410 g/mol. The second-order valence-corrected chi connectivity index (χ2v) is 7.88. The molecule has 0 radical (unpaired) electrons. The highest BCUT2D eigenvalue weighted by Gasteiger charge is 2.31. The molecule has 6 nitrogen and oxygen atoms in total. The van der Waals surface area contributed by atoms with Crippen LogP contribution < -0.4 is 14.2 Å². The highest BCUT2D eigenvalue weighted by atomic mass is 32.2. The van der Waals surface area contributed by atoms with Crippen LogP contribution in [0.25, 0.3) is 6.08 Å². The van der Waals surface area contributed by atoms with E-state index in [0.29, 0.717) is 27.8 Å². The van der Waals surface area contributed by atoms with Gasteiger partial charge >= 0.3 is 0 Å². The molecule has 152 valence electrons. The van der Waals surface area contributed by atoms with Crippen molar-refractivity contribution in [3.8, 4) is 23.0 Å². The van der Waals surface area contributed by atoms with E-state index in [1.807, 2.05) is 24.3 Å². The SMILES string of the molecule is COc1ccc(CCN2C(=O)C(=Cc3cc(OC)c(O)c(OC)c3)SC2=S)cc1. The van der Waals surface area contributed by atoms with Crippen molar-refractivity contribution in [3.05, 3.63) is 52.4 Å². The summed E-state index contributed by atoms with van der Waals surface area (Å²) in [5, 5.41) is 10.0. The molecule has 0 saturated carbocycles. The Morgan fingerprint density at radius 3 is 2.24 bits per heavy atom. The van der Waals surface area contributed by atoms with Crippen LogP contribution in [0.5, 0.6) is 23.0 Å². The lowest BCUT2D eigenvalue weighted by atomic mass is 10.1. The second kappa shape index (κ2) is 9.19. The van der Waals surface area contributed by atoms with Crippen molar-refractivity contribution in [3.63, 3.8) is 0 Å². The van der Waals surface area contributed by atoms with Crippen molar-refractivity contribution < 1.29 is 24.1 Å². The van der Waals surface area contributed by atoms with Crippen LogP contribution in [0, 0.1) is 0 Å². The van der Waals surface area contributed by atoms with E-state index in [0.717, 1.165) is 11.3 Å². The number of thiocarbonyl (C=S) groups is 1. The number of aromatic hydroxyl groups is 1. The first-order chi connectivity index (χ1) is 14.0. The van der Waals surface area contributed by atoms with E-state index in [2.05, 4.69) is 0 Å². The monoisotopic (exact) mass is 431 g/mol. The molecule has 1 saturated heterocycles. The molecule has 2 aromatic carbocycles. The third kappa shape index (κ3) is 4.65. The summed E-state index contributed by atoms with van der Waals surface area (Å²) in [6, 6.07) is 11.0. The number of phenolic OH excluding ortho intramolecular Hbond substituents is 1. The van der Waals surface area contributed by atoms with Crippen molar-refractivity contribution in [2.45, 2.75) is 6.42 Å². The number of methoxy groups -OCH3 is 3. The Balaban J connectivity index is 1.75. The summed E-state index contributed by atoms with van der Waals surface area (Å²) in [6.07, 6.45) is 2.40. The molecule has 29 heavy (non-hydrogen) atoms. The van der Waals surface area contributed by atoms with Crippen LogP contribution in [0.1, 0.15) is 11.1 Å². The number of carbonyl (C=O) groups excluding carboxylic acids is 1. The zero-order valence-electron chi connectivity index (χ0n) is 16.3. The molecule has 0 atom stereocenters. The van der Waals surface area contributed by atoms with Crippen molar-refractivity contribution in [1.29, 1.82) is 0 Å². The van der Waals surface area contributed by atoms with Crippen LogP contribution >= 0.6 is 24.0 Å². The average Bonchev–Trinajstić information content (AvgIpc) is 3.00. The minimum absolute atomic E-state index is 0.0841. The summed E-state index contributed by atoms with van der Waals surface area (Å²) >= 11 is 6.66. The van der Waals surface area contributed by atoms with Gasteiger partial charge in [0.05, 0.1) is 26.2 Å². The molecule has 3 rings (SSSR count). The van der Waals surface area contributed by atoms with Crippen LogP contribution in [0.3, 0.4) is 0 Å². The van der Waals surface area contributed by atoms with E-state index >= 15 is 0 Å². The van der Waals surface area contributed by atoms with Crippen LogP contribution in [0.15, 0.2) is 41.3 Å². The molecule has 1 heterocycles.